The average molecular weight is 588 g/mol. The van der Waals surface area contributed by atoms with Gasteiger partial charge in [0.05, 0.1) is 16.8 Å². The van der Waals surface area contributed by atoms with E-state index in [1.54, 1.807) is 11.8 Å². The van der Waals surface area contributed by atoms with E-state index in [2.05, 4.69) is 36.4 Å². The maximum atomic E-state index is 14.3. The van der Waals surface area contributed by atoms with Crippen molar-refractivity contribution in [3.63, 3.8) is 0 Å². The van der Waals surface area contributed by atoms with Crippen molar-refractivity contribution in [3.8, 4) is 0 Å². The molecular formula is C35H35ClFNO2S. The van der Waals surface area contributed by atoms with Crippen LogP contribution in [0, 0.1) is 5.41 Å². The highest BCUT2D eigenvalue weighted by atomic mass is 35.5. The van der Waals surface area contributed by atoms with Gasteiger partial charge in [-0.15, -0.1) is 0 Å². The molecule has 0 amide bonds. The minimum atomic E-state index is -0.935. The number of halogens is 2. The molecule has 41 heavy (non-hydrogen) atoms. The molecule has 1 aromatic heterocycles. The summed E-state index contributed by atoms with van der Waals surface area (Å²) in [4.78, 5) is 16.0. The second-order valence-corrected chi connectivity index (χ2v) is 13.2. The number of alkyl halides is 1. The summed E-state index contributed by atoms with van der Waals surface area (Å²) in [6.07, 6.45) is 6.33. The monoisotopic (exact) mass is 587 g/mol. The fourth-order valence-electron chi connectivity index (χ4n) is 5.36. The lowest BCUT2D eigenvalue weighted by Gasteiger charge is -2.24. The van der Waals surface area contributed by atoms with Gasteiger partial charge >= 0.3 is 0 Å². The van der Waals surface area contributed by atoms with Crippen LogP contribution in [0.1, 0.15) is 66.3 Å². The zero-order valence-corrected chi connectivity index (χ0v) is 25.0. The number of aliphatic hydroxyl groups is 1. The summed E-state index contributed by atoms with van der Waals surface area (Å²) in [5.74, 6) is 0.606. The molecule has 1 aliphatic rings. The topological polar surface area (TPSA) is 50.2 Å². The number of carbonyl (C=O) groups excluding carboxylic acids is 1. The number of nitrogens with zero attached hydrogens (tertiary/aromatic N) is 1. The Morgan fingerprint density at radius 1 is 1.10 bits per heavy atom. The van der Waals surface area contributed by atoms with Gasteiger partial charge in [-0.3, -0.25) is 0 Å². The Morgan fingerprint density at radius 3 is 2.63 bits per heavy atom. The number of benzene rings is 3. The number of rotatable bonds is 12. The summed E-state index contributed by atoms with van der Waals surface area (Å²) in [5, 5.41) is 12.5. The normalized spacial score (nSPS) is 19.5. The van der Waals surface area contributed by atoms with Gasteiger partial charge in [0.1, 0.15) is 12.5 Å². The first-order chi connectivity index (χ1) is 19.7. The summed E-state index contributed by atoms with van der Waals surface area (Å²) >= 11 is 7.90. The van der Waals surface area contributed by atoms with E-state index in [9.17, 15) is 14.3 Å². The summed E-state index contributed by atoms with van der Waals surface area (Å²) in [7, 11) is 0. The molecule has 0 aliphatic heterocycles. The van der Waals surface area contributed by atoms with Crippen LogP contribution in [0.15, 0.2) is 78.9 Å². The molecule has 212 valence electrons. The van der Waals surface area contributed by atoms with Gasteiger partial charge in [-0.05, 0) is 79.6 Å². The molecule has 3 aromatic carbocycles. The third kappa shape index (κ3) is 7.27. The van der Waals surface area contributed by atoms with Crippen LogP contribution in [-0.2, 0) is 16.8 Å². The lowest BCUT2D eigenvalue weighted by atomic mass is 9.90. The van der Waals surface area contributed by atoms with Crippen LogP contribution in [0.3, 0.4) is 0 Å². The Morgan fingerprint density at radius 2 is 1.88 bits per heavy atom. The van der Waals surface area contributed by atoms with Crippen LogP contribution in [-0.4, -0.2) is 28.3 Å². The van der Waals surface area contributed by atoms with Crippen LogP contribution >= 0.6 is 23.4 Å². The molecule has 0 radical (unpaired) electrons. The van der Waals surface area contributed by atoms with Gasteiger partial charge < -0.3 is 9.90 Å². The molecule has 5 rings (SSSR count). The molecule has 1 fully saturated rings. The Balaban J connectivity index is 1.38. The summed E-state index contributed by atoms with van der Waals surface area (Å²) < 4.78 is 14.3. The predicted molar refractivity (Wildman–Crippen MR) is 170 cm³/mol. The minimum Gasteiger partial charge on any atom is -0.386 e. The van der Waals surface area contributed by atoms with Crippen LogP contribution in [0.5, 0.6) is 0 Å². The Kier molecular flexibility index (Phi) is 8.98. The summed E-state index contributed by atoms with van der Waals surface area (Å²) in [5.41, 5.74) is 4.48. The second-order valence-electron chi connectivity index (χ2n) is 11.5. The number of fused-ring (bicyclic) bond motifs is 1. The number of hydrogen-bond donors (Lipinski definition) is 1. The highest BCUT2D eigenvalue weighted by molar-refractivity contribution is 7.99. The highest BCUT2D eigenvalue weighted by Gasteiger charge is 2.54. The van der Waals surface area contributed by atoms with Gasteiger partial charge in [0.15, 0.2) is 0 Å². The molecule has 0 spiro atoms. The van der Waals surface area contributed by atoms with E-state index in [0.29, 0.717) is 17.2 Å². The standard InChI is InChI=1S/C35H35ClFNO2S/c1-34(2,40)30-9-4-3-7-25(30)13-17-32(41-23-35(18-19-39)22-33(35)37)27-8-5-6-24(20-27)10-15-29-16-12-26-11-14-28(36)21-31(26)38-29/h3-12,14-16,19-21,32-33,40H,13,17-18,22-23H2,1-2H3/b15-10+/t32-,33-,35-/m1/s1. The largest absolute Gasteiger partial charge is 0.386 e. The lowest BCUT2D eigenvalue weighted by Crippen LogP contribution is -2.18. The Labute approximate surface area is 250 Å². The van der Waals surface area contributed by atoms with Gasteiger partial charge in [0.25, 0.3) is 0 Å². The van der Waals surface area contributed by atoms with Gasteiger partial charge in [-0.25, -0.2) is 9.37 Å². The van der Waals surface area contributed by atoms with Gasteiger partial charge in [-0.1, -0.05) is 78.3 Å². The number of aryl methyl sites for hydroxylation is 1. The maximum absolute atomic E-state index is 14.3. The van der Waals surface area contributed by atoms with Crippen molar-refractivity contribution < 1.29 is 14.3 Å². The van der Waals surface area contributed by atoms with E-state index >= 15 is 0 Å². The van der Waals surface area contributed by atoms with E-state index in [4.69, 9.17) is 16.6 Å². The molecular weight excluding hydrogens is 553 g/mol. The fourth-order valence-corrected chi connectivity index (χ4v) is 7.10. The number of hydrogen-bond acceptors (Lipinski definition) is 4. The van der Waals surface area contributed by atoms with Crippen molar-refractivity contribution in [2.75, 3.05) is 5.75 Å². The third-order valence-electron chi connectivity index (χ3n) is 7.91. The Bertz CT molecular complexity index is 1570. The molecule has 4 aromatic rings. The molecule has 3 nitrogen and oxygen atoms in total. The number of aldehydes is 1. The van der Waals surface area contributed by atoms with E-state index < -0.39 is 17.2 Å². The zero-order valence-electron chi connectivity index (χ0n) is 23.4. The first-order valence-electron chi connectivity index (χ1n) is 14.0. The molecule has 3 atom stereocenters. The first kappa shape index (κ1) is 29.5. The fraction of sp³-hybridized carbons (Fsp3) is 0.314. The van der Waals surface area contributed by atoms with Crippen LogP contribution in [0.2, 0.25) is 5.02 Å². The van der Waals surface area contributed by atoms with Gasteiger partial charge in [0, 0.05) is 33.2 Å². The van der Waals surface area contributed by atoms with Crippen LogP contribution in [0.25, 0.3) is 23.1 Å². The van der Waals surface area contributed by atoms with Gasteiger partial charge in [0.2, 0.25) is 0 Å². The number of carbonyl (C=O) groups is 1. The predicted octanol–water partition coefficient (Wildman–Crippen LogP) is 9.01. The van der Waals surface area contributed by atoms with Crippen molar-refractivity contribution in [2.45, 2.75) is 56.6 Å². The molecule has 6 heteroatoms. The SMILES string of the molecule is CC(C)(O)c1ccccc1CC[C@@H](SC[C@@]1(CC=O)C[C@H]1F)c1cccc(/C=C/c2ccc3ccc(Cl)cc3n2)c1. The van der Waals surface area contributed by atoms with Gasteiger partial charge in [-0.2, -0.15) is 11.8 Å². The lowest BCUT2D eigenvalue weighted by molar-refractivity contribution is -0.108. The number of thioether (sulfide) groups is 1. The number of pyridine rings is 1. The first-order valence-corrected chi connectivity index (χ1v) is 15.4. The quantitative estimate of drug-likeness (QED) is 0.168. The van der Waals surface area contributed by atoms with Crippen LogP contribution in [0.4, 0.5) is 4.39 Å². The van der Waals surface area contributed by atoms with Crippen molar-refractivity contribution in [2.24, 2.45) is 5.41 Å². The average Bonchev–Trinajstić information content (AvgIpc) is 3.59. The van der Waals surface area contributed by atoms with Crippen molar-refractivity contribution in [1.29, 1.82) is 0 Å². The smallest absolute Gasteiger partial charge is 0.120 e. The molecule has 0 bridgehead atoms. The van der Waals surface area contributed by atoms with E-state index in [1.807, 2.05) is 68.5 Å². The number of aromatic nitrogens is 1. The molecule has 0 saturated heterocycles. The van der Waals surface area contributed by atoms with Crippen molar-refractivity contribution in [1.82, 2.24) is 4.98 Å². The summed E-state index contributed by atoms with van der Waals surface area (Å²) in [6.45, 7) is 3.62. The zero-order chi connectivity index (χ0) is 29.0. The van der Waals surface area contributed by atoms with E-state index in [1.165, 1.54) is 0 Å². The molecule has 1 heterocycles. The van der Waals surface area contributed by atoms with Crippen molar-refractivity contribution in [3.05, 3.63) is 112 Å². The van der Waals surface area contributed by atoms with E-state index in [0.717, 1.165) is 58.0 Å². The maximum Gasteiger partial charge on any atom is 0.120 e. The second kappa shape index (κ2) is 12.5. The minimum absolute atomic E-state index is 0.107. The van der Waals surface area contributed by atoms with Crippen molar-refractivity contribution >= 4 is 52.7 Å². The molecule has 1 saturated carbocycles. The Hall–Kier alpha value is -2.99. The third-order valence-corrected chi connectivity index (χ3v) is 9.80. The molecule has 1 N–H and O–H groups in total. The van der Waals surface area contributed by atoms with E-state index in [-0.39, 0.29) is 11.7 Å². The highest BCUT2D eigenvalue weighted by Crippen LogP contribution is 2.55. The molecule has 0 unspecified atom stereocenters. The van der Waals surface area contributed by atoms with Crippen LogP contribution < -0.4 is 0 Å². The summed E-state index contributed by atoms with van der Waals surface area (Å²) in [6, 6.07) is 26.2. The molecule has 1 aliphatic carbocycles.